The van der Waals surface area contributed by atoms with Gasteiger partial charge in [-0.15, -0.1) is 5.10 Å². The summed E-state index contributed by atoms with van der Waals surface area (Å²) in [6, 6.07) is 13.6. The predicted molar refractivity (Wildman–Crippen MR) is 138 cm³/mol. The molecule has 0 bridgehead atoms. The van der Waals surface area contributed by atoms with Gasteiger partial charge in [0.1, 0.15) is 24.2 Å². The summed E-state index contributed by atoms with van der Waals surface area (Å²) in [4.78, 5) is 32.5. The van der Waals surface area contributed by atoms with Crippen LogP contribution in [0.3, 0.4) is 0 Å². The maximum atomic E-state index is 13.1. The van der Waals surface area contributed by atoms with E-state index in [1.807, 2.05) is 62.4 Å². The highest BCUT2D eigenvalue weighted by Crippen LogP contribution is 2.20. The molecule has 194 valence electrons. The molecule has 2 aliphatic heterocycles. The number of imide groups is 1. The molecule has 2 aliphatic rings. The topological polar surface area (TPSA) is 119 Å². The number of hydrazone groups is 1. The second-order valence-corrected chi connectivity index (χ2v) is 8.86. The molecule has 0 spiro atoms. The zero-order valence-electron chi connectivity index (χ0n) is 21.5. The van der Waals surface area contributed by atoms with Gasteiger partial charge in [-0.1, -0.05) is 23.2 Å². The maximum absolute atomic E-state index is 13.1. The van der Waals surface area contributed by atoms with Crippen molar-refractivity contribution in [2.75, 3.05) is 34.4 Å². The first-order chi connectivity index (χ1) is 17.7. The number of amides is 3. The van der Waals surface area contributed by atoms with Crippen molar-refractivity contribution in [1.82, 2.24) is 15.2 Å². The number of para-hydroxylation sites is 1. The van der Waals surface area contributed by atoms with Crippen LogP contribution < -0.4 is 14.9 Å². The lowest BCUT2D eigenvalue weighted by atomic mass is 10.1. The van der Waals surface area contributed by atoms with Crippen molar-refractivity contribution >= 4 is 29.4 Å². The molecule has 0 saturated carbocycles. The van der Waals surface area contributed by atoms with E-state index in [9.17, 15) is 14.7 Å². The summed E-state index contributed by atoms with van der Waals surface area (Å²) in [7, 11) is 4.58. The van der Waals surface area contributed by atoms with Crippen molar-refractivity contribution in [2.45, 2.75) is 26.0 Å². The van der Waals surface area contributed by atoms with Crippen LogP contribution in [0.25, 0.3) is 0 Å². The van der Waals surface area contributed by atoms with Crippen LogP contribution >= 0.6 is 0 Å². The average Bonchev–Trinajstić information content (AvgIpc) is 3.26. The van der Waals surface area contributed by atoms with E-state index >= 15 is 0 Å². The number of carbonyl (C=O) groups excluding carboxylic acids is 2. The first-order valence-corrected chi connectivity index (χ1v) is 11.8. The van der Waals surface area contributed by atoms with Crippen molar-refractivity contribution in [3.8, 4) is 11.5 Å². The molecular formula is C26H31N6O5+. The maximum Gasteiger partial charge on any atom is 0.414 e. The number of nitrogens with zero attached hydrogens (tertiary/aromatic N) is 5. The Morgan fingerprint density at radius 3 is 2.54 bits per heavy atom. The molecule has 4 rings (SSSR count). The Balaban J connectivity index is 1.59. The third-order valence-corrected chi connectivity index (χ3v) is 6.29. The fourth-order valence-electron chi connectivity index (χ4n) is 4.09. The number of nitrogens with one attached hydrogen (secondary N) is 1. The van der Waals surface area contributed by atoms with Crippen molar-refractivity contribution in [3.63, 3.8) is 0 Å². The van der Waals surface area contributed by atoms with Gasteiger partial charge in [0.05, 0.1) is 19.4 Å². The van der Waals surface area contributed by atoms with E-state index in [1.165, 1.54) is 11.9 Å². The molecule has 2 N–H and O–H groups in total. The lowest BCUT2D eigenvalue weighted by molar-refractivity contribution is -0.545. The number of rotatable bonds is 8. The van der Waals surface area contributed by atoms with E-state index in [2.05, 4.69) is 15.5 Å². The molecule has 2 aromatic carbocycles. The molecule has 0 aliphatic carbocycles. The average molecular weight is 508 g/mol. The number of aliphatic hydroxyl groups excluding tert-OH is 1. The Bertz CT molecular complexity index is 1290. The van der Waals surface area contributed by atoms with Gasteiger partial charge in [-0.2, -0.15) is 5.43 Å². The van der Waals surface area contributed by atoms with E-state index in [1.54, 1.807) is 18.7 Å². The molecule has 1 saturated heterocycles. The number of guanidine groups is 1. The predicted octanol–water partition coefficient (Wildman–Crippen LogP) is 1.43. The Morgan fingerprint density at radius 2 is 1.86 bits per heavy atom. The second-order valence-electron chi connectivity index (χ2n) is 8.86. The number of aliphatic imine (C=N–C) groups is 1. The summed E-state index contributed by atoms with van der Waals surface area (Å²) in [6.07, 6.45) is -0.960. The molecule has 0 radical (unpaired) electrons. The van der Waals surface area contributed by atoms with Crippen LogP contribution in [0.5, 0.6) is 11.5 Å². The lowest BCUT2D eigenvalue weighted by Gasteiger charge is -2.32. The Labute approximate surface area is 215 Å². The standard InChI is InChI=1S/C26H30N6O5/c1-16-8-6-7-9-21(16)37-15-19(33)14-32-22-23(30(3)26(35)31(4)24(22)34)27-25(32)29-28-17(2)18-10-12-20(36-5)13-11-18/h6-13,19,22,33H,14-15H2,1-5H3/p+1/b28-17-. The van der Waals surface area contributed by atoms with Gasteiger partial charge in [-0.25, -0.2) is 9.37 Å². The first-order valence-electron chi connectivity index (χ1n) is 11.8. The van der Waals surface area contributed by atoms with E-state index in [0.717, 1.165) is 21.8 Å². The summed E-state index contributed by atoms with van der Waals surface area (Å²) < 4.78 is 12.6. The van der Waals surface area contributed by atoms with Gasteiger partial charge in [-0.3, -0.25) is 14.6 Å². The van der Waals surface area contributed by atoms with Crippen LogP contribution in [0, 0.1) is 6.92 Å². The lowest BCUT2D eigenvalue weighted by Crippen LogP contribution is -2.62. The molecule has 11 heteroatoms. The van der Waals surface area contributed by atoms with Crippen molar-refractivity contribution in [3.05, 3.63) is 59.7 Å². The Kier molecular flexibility index (Phi) is 7.53. The normalized spacial score (nSPS) is 18.6. The minimum Gasteiger partial charge on any atom is -0.497 e. The van der Waals surface area contributed by atoms with Crippen LogP contribution in [0.1, 0.15) is 18.1 Å². The minimum atomic E-state index is -0.960. The first kappa shape index (κ1) is 25.8. The summed E-state index contributed by atoms with van der Waals surface area (Å²) in [5.41, 5.74) is 5.40. The third-order valence-electron chi connectivity index (χ3n) is 6.29. The monoisotopic (exact) mass is 507 g/mol. The fraction of sp³-hybridized carbons (Fsp3) is 0.346. The summed E-state index contributed by atoms with van der Waals surface area (Å²) in [6.45, 7) is 3.77. The summed E-state index contributed by atoms with van der Waals surface area (Å²) in [5, 5.41) is 15.3. The highest BCUT2D eigenvalue weighted by Gasteiger charge is 2.51. The second kappa shape index (κ2) is 10.8. The highest BCUT2D eigenvalue weighted by molar-refractivity contribution is 6.22. The van der Waals surface area contributed by atoms with Crippen LogP contribution in [0.15, 0.2) is 58.6 Å². The molecule has 2 heterocycles. The van der Waals surface area contributed by atoms with Gasteiger partial charge in [0, 0.05) is 14.1 Å². The molecule has 2 unspecified atom stereocenters. The largest absolute Gasteiger partial charge is 0.497 e. The van der Waals surface area contributed by atoms with E-state index in [0.29, 0.717) is 11.5 Å². The summed E-state index contributed by atoms with van der Waals surface area (Å²) >= 11 is 0. The van der Waals surface area contributed by atoms with Crippen molar-refractivity contribution in [2.24, 2.45) is 10.1 Å². The SMILES string of the molecule is COc1ccc(/C(C)=N\NC2=[N+](CC(O)COc3ccccc3C)C3C(=O)N(C)C(=O)N(C)C3=N2)cc1. The number of hydrogen-bond donors (Lipinski definition) is 2. The Morgan fingerprint density at radius 1 is 1.16 bits per heavy atom. The number of β-amino-alcohol motifs (C(OH)–C–C–N with tert-alkyl or cyclic N) is 1. The van der Waals surface area contributed by atoms with Crippen LogP contribution in [0.4, 0.5) is 4.79 Å². The summed E-state index contributed by atoms with van der Waals surface area (Å²) in [5.74, 6) is 1.46. The van der Waals surface area contributed by atoms with Gasteiger partial charge in [0.15, 0.2) is 0 Å². The fourth-order valence-corrected chi connectivity index (χ4v) is 4.09. The molecule has 3 amide bonds. The molecule has 1 fully saturated rings. The van der Waals surface area contributed by atoms with E-state index in [-0.39, 0.29) is 24.9 Å². The zero-order chi connectivity index (χ0) is 26.7. The van der Waals surface area contributed by atoms with E-state index in [4.69, 9.17) is 9.47 Å². The molecule has 0 aromatic heterocycles. The number of ether oxygens (including phenoxy) is 2. The quantitative estimate of drug-likeness (QED) is 0.317. The van der Waals surface area contributed by atoms with E-state index < -0.39 is 24.1 Å². The number of carbonyl (C=O) groups is 2. The highest BCUT2D eigenvalue weighted by atomic mass is 16.5. The number of aryl methyl sites for hydroxylation is 1. The number of benzene rings is 2. The van der Waals surface area contributed by atoms with Gasteiger partial charge < -0.3 is 14.6 Å². The number of fused-ring (bicyclic) bond motifs is 1. The molecule has 11 nitrogen and oxygen atoms in total. The van der Waals surface area contributed by atoms with Gasteiger partial charge in [0.25, 0.3) is 5.91 Å². The number of likely N-dealkylation sites (N-methyl/N-ethyl adjacent to an activating group) is 2. The molecule has 37 heavy (non-hydrogen) atoms. The number of methoxy groups -OCH3 is 1. The smallest absolute Gasteiger partial charge is 0.414 e. The number of aliphatic hydroxyl groups is 1. The van der Waals surface area contributed by atoms with Crippen LogP contribution in [0.2, 0.25) is 0 Å². The van der Waals surface area contributed by atoms with Gasteiger partial charge in [-0.05, 0) is 55.3 Å². The Hall–Kier alpha value is -4.25. The molecular weight excluding hydrogens is 476 g/mol. The number of urea groups is 1. The number of amidine groups is 1. The van der Waals surface area contributed by atoms with Gasteiger partial charge >= 0.3 is 12.0 Å². The third kappa shape index (κ3) is 5.31. The number of hydrogen-bond acceptors (Lipinski definition) is 8. The van der Waals surface area contributed by atoms with Gasteiger partial charge in [0.2, 0.25) is 11.9 Å². The van der Waals surface area contributed by atoms with Crippen molar-refractivity contribution in [1.29, 1.82) is 0 Å². The molecule has 2 aromatic rings. The zero-order valence-corrected chi connectivity index (χ0v) is 21.5. The van der Waals surface area contributed by atoms with Crippen LogP contribution in [-0.2, 0) is 4.79 Å². The molecule has 2 atom stereocenters. The minimum absolute atomic E-state index is 0.00360. The van der Waals surface area contributed by atoms with Crippen LogP contribution in [-0.4, -0.2) is 95.4 Å². The van der Waals surface area contributed by atoms with Crippen molar-refractivity contribution < 1.29 is 28.7 Å².